The van der Waals surface area contributed by atoms with E-state index in [1.807, 2.05) is 11.6 Å². The van der Waals surface area contributed by atoms with Crippen LogP contribution in [0.1, 0.15) is 5.82 Å². The maximum absolute atomic E-state index is 11.8. The van der Waals surface area contributed by atoms with Gasteiger partial charge in [0, 0.05) is 26.6 Å². The molecule has 3 N–H and O–H groups in total. The molecule has 8 nitrogen and oxygen atoms in total. The minimum absolute atomic E-state index is 0.0851. The van der Waals surface area contributed by atoms with Crippen LogP contribution in [0.3, 0.4) is 0 Å². The van der Waals surface area contributed by atoms with Crippen molar-refractivity contribution in [3.8, 4) is 0 Å². The van der Waals surface area contributed by atoms with Gasteiger partial charge >= 0.3 is 0 Å². The molecule has 0 saturated carbocycles. The molecule has 0 spiro atoms. The Kier molecular flexibility index (Phi) is 3.88. The molecule has 2 amide bonds. The van der Waals surface area contributed by atoms with Crippen molar-refractivity contribution in [2.45, 2.75) is 12.5 Å². The molecule has 0 aromatic carbocycles. The van der Waals surface area contributed by atoms with Gasteiger partial charge in [-0.15, -0.1) is 10.2 Å². The van der Waals surface area contributed by atoms with Crippen LogP contribution in [0.4, 0.5) is 0 Å². The smallest absolute Gasteiger partial charge is 0.238 e. The molecule has 1 aliphatic rings. The Morgan fingerprint density at radius 2 is 2.50 bits per heavy atom. The van der Waals surface area contributed by atoms with Crippen molar-refractivity contribution >= 4 is 11.8 Å². The van der Waals surface area contributed by atoms with Crippen LogP contribution >= 0.6 is 0 Å². The molecule has 0 radical (unpaired) electrons. The predicted molar refractivity (Wildman–Crippen MR) is 62.5 cm³/mol. The van der Waals surface area contributed by atoms with Crippen molar-refractivity contribution in [1.29, 1.82) is 0 Å². The number of piperazine rings is 1. The van der Waals surface area contributed by atoms with E-state index in [9.17, 15) is 9.59 Å². The van der Waals surface area contributed by atoms with Gasteiger partial charge in [0.25, 0.3) is 0 Å². The van der Waals surface area contributed by atoms with Crippen molar-refractivity contribution in [3.63, 3.8) is 0 Å². The minimum Gasteiger partial charge on any atom is -0.354 e. The Hall–Kier alpha value is -1.96. The zero-order chi connectivity index (χ0) is 13.0. The number of carbonyl (C=O) groups is 2. The Labute approximate surface area is 104 Å². The highest BCUT2D eigenvalue weighted by molar-refractivity contribution is 5.86. The SMILES string of the molecule is Cn1cnnc1CCNC(=O)C1CNC(=O)CN1. The number of aryl methyl sites for hydroxylation is 1. The molecule has 1 fully saturated rings. The van der Waals surface area contributed by atoms with Crippen molar-refractivity contribution in [2.75, 3.05) is 19.6 Å². The minimum atomic E-state index is -0.359. The van der Waals surface area contributed by atoms with Gasteiger partial charge in [-0.25, -0.2) is 0 Å². The first-order valence-corrected chi connectivity index (χ1v) is 5.77. The molecule has 18 heavy (non-hydrogen) atoms. The first-order valence-electron chi connectivity index (χ1n) is 5.77. The number of nitrogens with zero attached hydrogens (tertiary/aromatic N) is 3. The average molecular weight is 252 g/mol. The Balaban J connectivity index is 1.72. The third-order valence-electron chi connectivity index (χ3n) is 2.78. The van der Waals surface area contributed by atoms with Gasteiger partial charge in [-0.1, -0.05) is 0 Å². The highest BCUT2D eigenvalue weighted by Crippen LogP contribution is 1.93. The summed E-state index contributed by atoms with van der Waals surface area (Å²) in [5.74, 6) is 0.621. The van der Waals surface area contributed by atoms with Crippen LogP contribution in [0.25, 0.3) is 0 Å². The zero-order valence-electron chi connectivity index (χ0n) is 10.1. The van der Waals surface area contributed by atoms with E-state index in [0.29, 0.717) is 19.5 Å². The number of aromatic nitrogens is 3. The van der Waals surface area contributed by atoms with E-state index in [2.05, 4.69) is 26.1 Å². The molecule has 1 aromatic rings. The lowest BCUT2D eigenvalue weighted by molar-refractivity contribution is -0.126. The lowest BCUT2D eigenvalue weighted by Gasteiger charge is -2.23. The lowest BCUT2D eigenvalue weighted by atomic mass is 10.2. The molecule has 98 valence electrons. The maximum atomic E-state index is 11.8. The molecule has 2 rings (SSSR count). The zero-order valence-corrected chi connectivity index (χ0v) is 10.1. The lowest BCUT2D eigenvalue weighted by Crippen LogP contribution is -2.58. The van der Waals surface area contributed by atoms with Gasteiger partial charge < -0.3 is 15.2 Å². The molecule has 8 heteroatoms. The normalized spacial score (nSPS) is 19.4. The third kappa shape index (κ3) is 3.04. The van der Waals surface area contributed by atoms with Crippen LogP contribution in [0.2, 0.25) is 0 Å². The van der Waals surface area contributed by atoms with E-state index in [0.717, 1.165) is 5.82 Å². The summed E-state index contributed by atoms with van der Waals surface area (Å²) in [5.41, 5.74) is 0. The molecule has 0 aliphatic carbocycles. The Morgan fingerprint density at radius 1 is 1.67 bits per heavy atom. The number of rotatable bonds is 4. The molecule has 1 aromatic heterocycles. The maximum Gasteiger partial charge on any atom is 0.238 e. The van der Waals surface area contributed by atoms with Gasteiger partial charge in [0.2, 0.25) is 11.8 Å². The van der Waals surface area contributed by atoms with Gasteiger partial charge in [0.05, 0.1) is 6.54 Å². The summed E-state index contributed by atoms with van der Waals surface area (Å²) >= 11 is 0. The average Bonchev–Trinajstić information content (AvgIpc) is 2.76. The van der Waals surface area contributed by atoms with Gasteiger partial charge in [0.15, 0.2) is 0 Å². The van der Waals surface area contributed by atoms with E-state index in [-0.39, 0.29) is 24.4 Å². The van der Waals surface area contributed by atoms with Crippen molar-refractivity contribution in [3.05, 3.63) is 12.2 Å². The molecule has 1 atom stereocenters. The number of amides is 2. The molecule has 1 unspecified atom stereocenters. The fourth-order valence-electron chi connectivity index (χ4n) is 1.71. The van der Waals surface area contributed by atoms with E-state index < -0.39 is 0 Å². The van der Waals surface area contributed by atoms with Gasteiger partial charge in [-0.2, -0.15) is 0 Å². The summed E-state index contributed by atoms with van der Waals surface area (Å²) in [7, 11) is 1.86. The number of carbonyl (C=O) groups excluding carboxylic acids is 2. The molecule has 1 saturated heterocycles. The largest absolute Gasteiger partial charge is 0.354 e. The first-order chi connectivity index (χ1) is 8.66. The van der Waals surface area contributed by atoms with E-state index in [1.54, 1.807) is 6.33 Å². The van der Waals surface area contributed by atoms with Crippen molar-refractivity contribution < 1.29 is 9.59 Å². The summed E-state index contributed by atoms with van der Waals surface area (Å²) in [6.07, 6.45) is 2.25. The van der Waals surface area contributed by atoms with Crippen LogP contribution in [0.5, 0.6) is 0 Å². The number of hydrogen-bond donors (Lipinski definition) is 3. The summed E-state index contributed by atoms with van der Waals surface area (Å²) in [6, 6.07) is -0.359. The van der Waals surface area contributed by atoms with Gasteiger partial charge in [0.1, 0.15) is 18.2 Å². The van der Waals surface area contributed by atoms with Crippen LogP contribution in [0.15, 0.2) is 6.33 Å². The quantitative estimate of drug-likeness (QED) is 0.553. The van der Waals surface area contributed by atoms with E-state index in [1.165, 1.54) is 0 Å². The number of nitrogens with one attached hydrogen (secondary N) is 3. The monoisotopic (exact) mass is 252 g/mol. The van der Waals surface area contributed by atoms with Crippen LogP contribution < -0.4 is 16.0 Å². The van der Waals surface area contributed by atoms with Crippen LogP contribution in [-0.2, 0) is 23.1 Å². The standard InChI is InChI=1S/C10H16N6O2/c1-16-6-14-15-8(16)2-3-11-10(18)7-4-13-9(17)5-12-7/h6-7,12H,2-5H2,1H3,(H,11,18)(H,13,17). The molecule has 1 aliphatic heterocycles. The van der Waals surface area contributed by atoms with Gasteiger partial charge in [-0.05, 0) is 0 Å². The van der Waals surface area contributed by atoms with Crippen LogP contribution in [-0.4, -0.2) is 52.3 Å². The second-order valence-corrected chi connectivity index (χ2v) is 4.14. The first kappa shape index (κ1) is 12.5. The summed E-state index contributed by atoms with van der Waals surface area (Å²) < 4.78 is 1.81. The Morgan fingerprint density at radius 3 is 3.11 bits per heavy atom. The van der Waals surface area contributed by atoms with Crippen molar-refractivity contribution in [1.82, 2.24) is 30.7 Å². The van der Waals surface area contributed by atoms with Gasteiger partial charge in [-0.3, -0.25) is 14.9 Å². The molecular weight excluding hydrogens is 236 g/mol. The second-order valence-electron chi connectivity index (χ2n) is 4.14. The summed E-state index contributed by atoms with van der Waals surface area (Å²) in [4.78, 5) is 22.7. The molecule has 2 heterocycles. The van der Waals surface area contributed by atoms with E-state index >= 15 is 0 Å². The second kappa shape index (κ2) is 5.58. The topological polar surface area (TPSA) is 101 Å². The molecular formula is C10H16N6O2. The third-order valence-corrected chi connectivity index (χ3v) is 2.78. The Bertz CT molecular complexity index is 433. The summed E-state index contributed by atoms with van der Waals surface area (Å²) in [5, 5.41) is 16.0. The fraction of sp³-hybridized carbons (Fsp3) is 0.600. The highest BCUT2D eigenvalue weighted by Gasteiger charge is 2.23. The van der Waals surface area contributed by atoms with Crippen LogP contribution in [0, 0.1) is 0 Å². The number of hydrogen-bond acceptors (Lipinski definition) is 5. The predicted octanol–water partition coefficient (Wildman–Crippen LogP) is -2.44. The highest BCUT2D eigenvalue weighted by atomic mass is 16.2. The fourth-order valence-corrected chi connectivity index (χ4v) is 1.71. The summed E-state index contributed by atoms with van der Waals surface area (Å²) in [6.45, 7) is 1.01. The van der Waals surface area contributed by atoms with E-state index in [4.69, 9.17) is 0 Å². The van der Waals surface area contributed by atoms with Crippen molar-refractivity contribution in [2.24, 2.45) is 7.05 Å². The molecule has 0 bridgehead atoms.